The molecule has 0 aromatic heterocycles. The number of hydrogen-bond acceptors (Lipinski definition) is 11. The molecule has 0 aliphatic carbocycles. The number of rotatable bonds is 25. The number of benzene rings is 2. The van der Waals surface area contributed by atoms with Gasteiger partial charge in [-0.15, -0.1) is 0 Å². The highest BCUT2D eigenvalue weighted by Gasteiger charge is 2.11. The minimum absolute atomic E-state index is 0.0786. The lowest BCUT2D eigenvalue weighted by Gasteiger charge is -2.20. The summed E-state index contributed by atoms with van der Waals surface area (Å²) in [6.07, 6.45) is 0.551. The lowest BCUT2D eigenvalue weighted by atomic mass is 10.0. The third-order valence-corrected chi connectivity index (χ3v) is 7.09. The zero-order valence-corrected chi connectivity index (χ0v) is 27.5. The van der Waals surface area contributed by atoms with E-state index in [9.17, 15) is 19.2 Å². The van der Waals surface area contributed by atoms with Crippen molar-refractivity contribution in [2.24, 2.45) is 0 Å². The summed E-state index contributed by atoms with van der Waals surface area (Å²) in [6, 6.07) is 15.7. The van der Waals surface area contributed by atoms with Crippen LogP contribution in [-0.2, 0) is 28.6 Å². The number of amides is 1. The summed E-state index contributed by atoms with van der Waals surface area (Å²) in [7, 11) is 1.90. The van der Waals surface area contributed by atoms with Gasteiger partial charge in [-0.05, 0) is 44.4 Å². The predicted octanol–water partition coefficient (Wildman–Crippen LogP) is 2.16. The van der Waals surface area contributed by atoms with Crippen molar-refractivity contribution in [1.82, 2.24) is 20.4 Å². The average Bonchev–Trinajstić information content (AvgIpc) is 3.08. The first-order valence-electron chi connectivity index (χ1n) is 15.9. The summed E-state index contributed by atoms with van der Waals surface area (Å²) in [5, 5.41) is 5.91. The molecule has 0 aliphatic heterocycles. The molecular formula is C34H50N4O8. The summed E-state index contributed by atoms with van der Waals surface area (Å²) < 4.78 is 21.3. The first-order valence-corrected chi connectivity index (χ1v) is 15.9. The average molecular weight is 643 g/mol. The van der Waals surface area contributed by atoms with Crippen LogP contribution in [0.2, 0.25) is 0 Å². The number of nitrogens with one attached hydrogen (secondary N) is 2. The van der Waals surface area contributed by atoms with Gasteiger partial charge < -0.3 is 39.4 Å². The molecule has 254 valence electrons. The molecule has 12 heteroatoms. The van der Waals surface area contributed by atoms with E-state index in [-0.39, 0.29) is 63.1 Å². The zero-order chi connectivity index (χ0) is 33.4. The standard InChI is InChI=1S/C34H50N4O8/c1-4-37(21-17-35-3)19-15-32(40)44-25-23-43-24-26-45-33(41)16-20-38(5-2)22-18-36-31(39)27-46-30-13-11-29(12-14-30)34(42)28-9-7-6-8-10-28/h6-14,35H,4-5,15-27H2,1-3H3,(H,36,39). The second-order valence-corrected chi connectivity index (χ2v) is 10.4. The van der Waals surface area contributed by atoms with Crippen molar-refractivity contribution in [1.29, 1.82) is 0 Å². The molecular weight excluding hydrogens is 592 g/mol. The van der Waals surface area contributed by atoms with Crippen LogP contribution in [0.3, 0.4) is 0 Å². The molecule has 12 nitrogen and oxygen atoms in total. The number of carbonyl (C=O) groups is 4. The van der Waals surface area contributed by atoms with Gasteiger partial charge in [0.15, 0.2) is 12.4 Å². The predicted molar refractivity (Wildman–Crippen MR) is 175 cm³/mol. The fourth-order valence-electron chi connectivity index (χ4n) is 4.31. The van der Waals surface area contributed by atoms with Crippen LogP contribution in [0, 0.1) is 0 Å². The van der Waals surface area contributed by atoms with Crippen LogP contribution in [0.5, 0.6) is 5.75 Å². The molecule has 0 bridgehead atoms. The van der Waals surface area contributed by atoms with E-state index in [0.717, 1.165) is 19.6 Å². The molecule has 46 heavy (non-hydrogen) atoms. The van der Waals surface area contributed by atoms with Crippen LogP contribution < -0.4 is 15.4 Å². The van der Waals surface area contributed by atoms with E-state index < -0.39 is 0 Å². The molecule has 0 fully saturated rings. The Balaban J connectivity index is 1.49. The van der Waals surface area contributed by atoms with Crippen molar-refractivity contribution in [3.63, 3.8) is 0 Å². The quantitative estimate of drug-likeness (QED) is 0.0937. The number of hydrogen-bond donors (Lipinski definition) is 2. The van der Waals surface area contributed by atoms with Crippen LogP contribution in [-0.4, -0.2) is 126 Å². The molecule has 0 spiro atoms. The van der Waals surface area contributed by atoms with E-state index in [1.54, 1.807) is 36.4 Å². The van der Waals surface area contributed by atoms with Gasteiger partial charge in [0.05, 0.1) is 26.1 Å². The summed E-state index contributed by atoms with van der Waals surface area (Å²) in [4.78, 5) is 53.0. The fraction of sp³-hybridized carbons (Fsp3) is 0.529. The van der Waals surface area contributed by atoms with Crippen LogP contribution in [0.1, 0.15) is 42.6 Å². The molecule has 0 saturated carbocycles. The van der Waals surface area contributed by atoms with E-state index in [1.807, 2.05) is 37.1 Å². The minimum Gasteiger partial charge on any atom is -0.484 e. The number of ether oxygens (including phenoxy) is 4. The Bertz CT molecular complexity index is 1160. The molecule has 1 amide bonds. The van der Waals surface area contributed by atoms with Crippen molar-refractivity contribution in [2.45, 2.75) is 26.7 Å². The molecule has 2 rings (SSSR count). The molecule has 0 aliphatic rings. The second kappa shape index (κ2) is 23.5. The monoisotopic (exact) mass is 642 g/mol. The van der Waals surface area contributed by atoms with Crippen LogP contribution >= 0.6 is 0 Å². The van der Waals surface area contributed by atoms with Crippen molar-refractivity contribution in [2.75, 3.05) is 92.4 Å². The van der Waals surface area contributed by atoms with Gasteiger partial charge in [-0.3, -0.25) is 19.2 Å². The molecule has 2 aromatic rings. The first kappa shape index (κ1) is 38.3. The van der Waals surface area contributed by atoms with Crippen molar-refractivity contribution in [3.05, 3.63) is 65.7 Å². The molecule has 0 radical (unpaired) electrons. The maximum Gasteiger partial charge on any atom is 0.307 e. The summed E-state index contributed by atoms with van der Waals surface area (Å²) in [5.74, 6) is -0.441. The molecule has 0 unspecified atom stereocenters. The normalized spacial score (nSPS) is 11.0. The zero-order valence-electron chi connectivity index (χ0n) is 27.5. The molecule has 2 N–H and O–H groups in total. The van der Waals surface area contributed by atoms with Gasteiger partial charge >= 0.3 is 11.9 Å². The highest BCUT2D eigenvalue weighted by atomic mass is 16.6. The number of likely N-dealkylation sites (N-methyl/N-ethyl adjacent to an activating group) is 3. The lowest BCUT2D eigenvalue weighted by Crippen LogP contribution is -2.37. The number of nitrogens with zero attached hydrogens (tertiary/aromatic N) is 2. The van der Waals surface area contributed by atoms with Crippen LogP contribution in [0.25, 0.3) is 0 Å². The Morgan fingerprint density at radius 3 is 1.76 bits per heavy atom. The van der Waals surface area contributed by atoms with Gasteiger partial charge in [-0.1, -0.05) is 44.2 Å². The van der Waals surface area contributed by atoms with Gasteiger partial charge in [-0.25, -0.2) is 0 Å². The summed E-state index contributed by atoms with van der Waals surface area (Å²) in [6.45, 7) is 10.1. The summed E-state index contributed by atoms with van der Waals surface area (Å²) in [5.41, 5.74) is 1.15. The van der Waals surface area contributed by atoms with Crippen LogP contribution in [0.4, 0.5) is 0 Å². The van der Waals surface area contributed by atoms with Gasteiger partial charge in [-0.2, -0.15) is 0 Å². The van der Waals surface area contributed by atoms with Crippen molar-refractivity contribution >= 4 is 23.6 Å². The lowest BCUT2D eigenvalue weighted by molar-refractivity contribution is -0.147. The topological polar surface area (TPSA) is 136 Å². The Morgan fingerprint density at radius 2 is 1.22 bits per heavy atom. The number of esters is 2. The Hall–Kier alpha value is -3.84. The van der Waals surface area contributed by atoms with E-state index in [4.69, 9.17) is 18.9 Å². The highest BCUT2D eigenvalue weighted by molar-refractivity contribution is 6.09. The van der Waals surface area contributed by atoms with E-state index in [1.165, 1.54) is 0 Å². The number of carbonyl (C=O) groups excluding carboxylic acids is 4. The van der Waals surface area contributed by atoms with E-state index >= 15 is 0 Å². The molecule has 2 aromatic carbocycles. The molecule has 0 atom stereocenters. The largest absolute Gasteiger partial charge is 0.484 e. The molecule has 0 heterocycles. The first-order chi connectivity index (χ1) is 22.4. The minimum atomic E-state index is -0.332. The molecule has 0 saturated heterocycles. The third kappa shape index (κ3) is 16.5. The van der Waals surface area contributed by atoms with Gasteiger partial charge in [0, 0.05) is 50.4 Å². The van der Waals surface area contributed by atoms with Gasteiger partial charge in [0.1, 0.15) is 19.0 Å². The fourth-order valence-corrected chi connectivity index (χ4v) is 4.31. The summed E-state index contributed by atoms with van der Waals surface area (Å²) >= 11 is 0. The highest BCUT2D eigenvalue weighted by Crippen LogP contribution is 2.15. The van der Waals surface area contributed by atoms with E-state index in [0.29, 0.717) is 56.0 Å². The number of ketones is 1. The van der Waals surface area contributed by atoms with Crippen LogP contribution in [0.15, 0.2) is 54.6 Å². The Morgan fingerprint density at radius 1 is 0.674 bits per heavy atom. The van der Waals surface area contributed by atoms with Crippen molar-refractivity contribution < 1.29 is 38.1 Å². The SMILES string of the molecule is CCN(CCNC)CCC(=O)OCCOCCOC(=O)CCN(CC)CCNC(=O)COc1ccc(C(=O)c2ccccc2)cc1. The maximum atomic E-state index is 12.5. The Kier molecular flexibility index (Phi) is 19.6. The van der Waals surface area contributed by atoms with E-state index in [2.05, 4.69) is 22.5 Å². The maximum absolute atomic E-state index is 12.5. The Labute approximate surface area is 272 Å². The van der Waals surface area contributed by atoms with Gasteiger partial charge in [0.2, 0.25) is 0 Å². The third-order valence-electron chi connectivity index (χ3n) is 7.09. The second-order valence-electron chi connectivity index (χ2n) is 10.4. The van der Waals surface area contributed by atoms with Gasteiger partial charge in [0.25, 0.3) is 5.91 Å². The van der Waals surface area contributed by atoms with Crippen molar-refractivity contribution in [3.8, 4) is 5.75 Å². The smallest absolute Gasteiger partial charge is 0.307 e.